The zero-order valence-electron chi connectivity index (χ0n) is 11.2. The average Bonchev–Trinajstić information content (AvgIpc) is 2.73. The van der Waals surface area contributed by atoms with Crippen molar-refractivity contribution in [1.29, 1.82) is 0 Å². The predicted molar refractivity (Wildman–Crippen MR) is 76.0 cm³/mol. The summed E-state index contributed by atoms with van der Waals surface area (Å²) in [5.74, 6) is 0.862. The van der Waals surface area contributed by atoms with Crippen LogP contribution in [0.4, 0.5) is 5.69 Å². The van der Waals surface area contributed by atoms with Crippen LogP contribution in [0.15, 0.2) is 4.47 Å². The van der Waals surface area contributed by atoms with Crippen molar-refractivity contribution in [1.82, 2.24) is 19.6 Å². The van der Waals surface area contributed by atoms with Crippen LogP contribution in [0.1, 0.15) is 30.4 Å². The van der Waals surface area contributed by atoms with Gasteiger partial charge in [0.25, 0.3) is 0 Å². The van der Waals surface area contributed by atoms with Crippen molar-refractivity contribution in [2.75, 3.05) is 5.73 Å². The van der Waals surface area contributed by atoms with Crippen LogP contribution in [-0.2, 0) is 6.54 Å². The monoisotopic (exact) mass is 311 g/mol. The quantitative estimate of drug-likeness (QED) is 0.948. The first-order valence-corrected chi connectivity index (χ1v) is 6.81. The maximum atomic E-state index is 6.13. The third-order valence-corrected chi connectivity index (χ3v) is 4.13. The van der Waals surface area contributed by atoms with Crippen LogP contribution in [0.5, 0.6) is 0 Å². The Hall–Kier alpha value is -1.30. The fourth-order valence-corrected chi connectivity index (χ4v) is 2.25. The first-order valence-electron chi connectivity index (χ1n) is 6.02. The van der Waals surface area contributed by atoms with E-state index in [0.29, 0.717) is 5.69 Å². The lowest BCUT2D eigenvalue weighted by molar-refractivity contribution is 0.571. The summed E-state index contributed by atoms with van der Waals surface area (Å²) in [7, 11) is 0. The van der Waals surface area contributed by atoms with E-state index in [2.05, 4.69) is 33.1 Å². The Balaban J connectivity index is 2.65. The normalized spacial score (nSPS) is 11.2. The molecule has 0 aliphatic carbocycles. The van der Waals surface area contributed by atoms with Gasteiger partial charge in [-0.05, 0) is 43.1 Å². The smallest absolute Gasteiger partial charge is 0.175 e. The van der Waals surface area contributed by atoms with E-state index in [0.717, 1.165) is 40.3 Å². The Morgan fingerprint density at radius 2 is 1.83 bits per heavy atom. The lowest BCUT2D eigenvalue weighted by Gasteiger charge is -2.08. The molecule has 0 spiro atoms. The summed E-state index contributed by atoms with van der Waals surface area (Å²) in [4.78, 5) is 0. The molecule has 0 atom stereocenters. The Morgan fingerprint density at radius 1 is 1.17 bits per heavy atom. The lowest BCUT2D eigenvalue weighted by atomic mass is 10.3. The molecule has 2 aromatic heterocycles. The molecule has 6 heteroatoms. The molecule has 0 aromatic carbocycles. The molecule has 0 radical (unpaired) electrons. The SMILES string of the molecule is CCCn1nc(C)c(N)c1-n1nc(C)c(Br)c1C. The van der Waals surface area contributed by atoms with E-state index < -0.39 is 0 Å². The van der Waals surface area contributed by atoms with Gasteiger partial charge in [-0.2, -0.15) is 10.2 Å². The first-order chi connectivity index (χ1) is 8.47. The second-order valence-corrected chi connectivity index (χ2v) is 5.24. The molecular weight excluding hydrogens is 294 g/mol. The summed E-state index contributed by atoms with van der Waals surface area (Å²) in [5, 5.41) is 9.00. The van der Waals surface area contributed by atoms with Crippen LogP contribution in [-0.4, -0.2) is 19.6 Å². The van der Waals surface area contributed by atoms with Crippen LogP contribution in [0.3, 0.4) is 0 Å². The standard InChI is InChI=1S/C12H18BrN5/c1-5-6-17-12(11(14)8(3)15-17)18-9(4)10(13)7(2)16-18/h5-6,14H2,1-4H3. The zero-order valence-corrected chi connectivity index (χ0v) is 12.7. The minimum atomic E-state index is 0.696. The summed E-state index contributed by atoms with van der Waals surface area (Å²) in [6, 6.07) is 0. The molecule has 2 N–H and O–H groups in total. The van der Waals surface area contributed by atoms with Gasteiger partial charge in [-0.15, -0.1) is 0 Å². The topological polar surface area (TPSA) is 61.7 Å². The minimum absolute atomic E-state index is 0.696. The van der Waals surface area contributed by atoms with Gasteiger partial charge >= 0.3 is 0 Å². The van der Waals surface area contributed by atoms with E-state index in [1.807, 2.05) is 30.1 Å². The first kappa shape index (κ1) is 13.1. The van der Waals surface area contributed by atoms with Gasteiger partial charge < -0.3 is 5.73 Å². The molecule has 0 saturated heterocycles. The van der Waals surface area contributed by atoms with Gasteiger partial charge in [0.15, 0.2) is 5.82 Å². The molecule has 0 saturated carbocycles. The van der Waals surface area contributed by atoms with Crippen molar-refractivity contribution >= 4 is 21.6 Å². The van der Waals surface area contributed by atoms with E-state index in [9.17, 15) is 0 Å². The summed E-state index contributed by atoms with van der Waals surface area (Å²) < 4.78 is 4.81. The van der Waals surface area contributed by atoms with Gasteiger partial charge in [0, 0.05) is 6.54 Å². The third kappa shape index (κ3) is 1.94. The second kappa shape index (κ2) is 4.76. The molecule has 98 valence electrons. The van der Waals surface area contributed by atoms with Crippen molar-refractivity contribution in [2.45, 2.75) is 40.7 Å². The lowest BCUT2D eigenvalue weighted by Crippen LogP contribution is -2.11. The largest absolute Gasteiger partial charge is 0.394 e. The van der Waals surface area contributed by atoms with E-state index in [1.165, 1.54) is 0 Å². The van der Waals surface area contributed by atoms with Gasteiger partial charge in [-0.25, -0.2) is 9.36 Å². The van der Waals surface area contributed by atoms with Crippen LogP contribution in [0.2, 0.25) is 0 Å². The molecule has 0 aliphatic rings. The fourth-order valence-electron chi connectivity index (χ4n) is 2.00. The third-order valence-electron chi connectivity index (χ3n) is 2.98. The van der Waals surface area contributed by atoms with Crippen LogP contribution < -0.4 is 5.73 Å². The molecule has 5 nitrogen and oxygen atoms in total. The van der Waals surface area contributed by atoms with Gasteiger partial charge in [0.2, 0.25) is 0 Å². The molecule has 2 heterocycles. The molecule has 0 aliphatic heterocycles. The maximum absolute atomic E-state index is 6.13. The molecular formula is C12H18BrN5. The van der Waals surface area contributed by atoms with Crippen molar-refractivity contribution in [2.24, 2.45) is 0 Å². The summed E-state index contributed by atoms with van der Waals surface area (Å²) in [5.41, 5.74) is 9.67. The highest BCUT2D eigenvalue weighted by molar-refractivity contribution is 9.10. The molecule has 0 fully saturated rings. The number of nitrogen functional groups attached to an aromatic ring is 1. The Kier molecular flexibility index (Phi) is 3.47. The molecule has 0 unspecified atom stereocenters. The summed E-state index contributed by atoms with van der Waals surface area (Å²) in [6.07, 6.45) is 1.01. The number of anilines is 1. The van der Waals surface area contributed by atoms with Crippen molar-refractivity contribution in [3.8, 4) is 5.82 Å². The number of rotatable bonds is 3. The van der Waals surface area contributed by atoms with Crippen LogP contribution >= 0.6 is 15.9 Å². The highest BCUT2D eigenvalue weighted by atomic mass is 79.9. The van der Waals surface area contributed by atoms with E-state index >= 15 is 0 Å². The van der Waals surface area contributed by atoms with E-state index in [1.54, 1.807) is 0 Å². The van der Waals surface area contributed by atoms with E-state index in [4.69, 9.17) is 5.73 Å². The van der Waals surface area contributed by atoms with Gasteiger partial charge in [-0.1, -0.05) is 6.92 Å². The molecule has 2 rings (SSSR count). The molecule has 0 bridgehead atoms. The highest BCUT2D eigenvalue weighted by Gasteiger charge is 2.19. The number of nitrogens with two attached hydrogens (primary N) is 1. The number of aryl methyl sites for hydroxylation is 3. The highest BCUT2D eigenvalue weighted by Crippen LogP contribution is 2.27. The Bertz CT molecular complexity index is 582. The second-order valence-electron chi connectivity index (χ2n) is 4.44. The van der Waals surface area contributed by atoms with Crippen LogP contribution in [0, 0.1) is 20.8 Å². The zero-order chi connectivity index (χ0) is 13.4. The Morgan fingerprint density at radius 3 is 2.33 bits per heavy atom. The molecule has 2 aromatic rings. The van der Waals surface area contributed by atoms with Crippen molar-refractivity contribution in [3.05, 3.63) is 21.6 Å². The molecule has 0 amide bonds. The number of hydrogen-bond donors (Lipinski definition) is 1. The van der Waals surface area contributed by atoms with Gasteiger partial charge in [-0.3, -0.25) is 0 Å². The number of nitrogens with zero attached hydrogens (tertiary/aromatic N) is 4. The average molecular weight is 312 g/mol. The number of halogens is 1. The van der Waals surface area contributed by atoms with Crippen molar-refractivity contribution < 1.29 is 0 Å². The predicted octanol–water partition coefficient (Wildman–Crippen LogP) is 2.75. The maximum Gasteiger partial charge on any atom is 0.175 e. The summed E-state index contributed by atoms with van der Waals surface area (Å²) in [6.45, 7) is 8.86. The summed E-state index contributed by atoms with van der Waals surface area (Å²) >= 11 is 3.54. The number of aromatic nitrogens is 4. The fraction of sp³-hybridized carbons (Fsp3) is 0.500. The Labute approximate surface area is 115 Å². The van der Waals surface area contributed by atoms with Gasteiger partial charge in [0.05, 0.1) is 27.2 Å². The van der Waals surface area contributed by atoms with Gasteiger partial charge in [0.1, 0.15) is 0 Å². The number of hydrogen-bond acceptors (Lipinski definition) is 3. The van der Waals surface area contributed by atoms with Crippen LogP contribution in [0.25, 0.3) is 5.82 Å². The molecule has 18 heavy (non-hydrogen) atoms. The minimum Gasteiger partial charge on any atom is -0.394 e. The van der Waals surface area contributed by atoms with E-state index in [-0.39, 0.29) is 0 Å². The van der Waals surface area contributed by atoms with Crippen molar-refractivity contribution in [3.63, 3.8) is 0 Å².